The number of carbonyl (C=O) groups is 1. The van der Waals surface area contributed by atoms with Gasteiger partial charge in [0.2, 0.25) is 5.91 Å². The largest absolute Gasteiger partial charge is 0.330 e. The Morgan fingerprint density at radius 2 is 2.00 bits per heavy atom. The van der Waals surface area contributed by atoms with Crippen LogP contribution in [0.5, 0.6) is 0 Å². The van der Waals surface area contributed by atoms with Crippen LogP contribution in [0.3, 0.4) is 0 Å². The van der Waals surface area contributed by atoms with Crippen molar-refractivity contribution >= 4 is 23.4 Å². The lowest BCUT2D eigenvalue weighted by Crippen LogP contribution is -2.32. The summed E-state index contributed by atoms with van der Waals surface area (Å²) in [7, 11) is 1.81. The molecule has 0 saturated carbocycles. The third-order valence-electron chi connectivity index (χ3n) is 2.81. The molecule has 1 aromatic rings. The lowest BCUT2D eigenvalue weighted by Gasteiger charge is -2.21. The summed E-state index contributed by atoms with van der Waals surface area (Å²) in [5.74, 6) is 0.0950. The van der Waals surface area contributed by atoms with Crippen LogP contribution in [0.4, 0.5) is 5.69 Å². The molecule has 0 aliphatic carbocycles. The Morgan fingerprint density at radius 1 is 1.41 bits per heavy atom. The van der Waals surface area contributed by atoms with E-state index in [1.165, 1.54) is 4.90 Å². The van der Waals surface area contributed by atoms with E-state index in [0.29, 0.717) is 6.54 Å². The van der Waals surface area contributed by atoms with Crippen LogP contribution in [-0.2, 0) is 4.79 Å². The predicted octanol–water partition coefficient (Wildman–Crippen LogP) is 2.36. The molecule has 0 fully saturated rings. The first-order chi connectivity index (χ1) is 8.10. The lowest BCUT2D eigenvalue weighted by atomic mass is 10.1. The Kier molecular flexibility index (Phi) is 5.51. The molecule has 0 aromatic heterocycles. The molecule has 1 aromatic carbocycles. The van der Waals surface area contributed by atoms with Gasteiger partial charge >= 0.3 is 0 Å². The van der Waals surface area contributed by atoms with E-state index in [2.05, 4.69) is 0 Å². The van der Waals surface area contributed by atoms with Gasteiger partial charge in [0.15, 0.2) is 0 Å². The van der Waals surface area contributed by atoms with Crippen molar-refractivity contribution in [2.24, 2.45) is 11.7 Å². The molecule has 0 radical (unpaired) electrons. The van der Waals surface area contributed by atoms with Gasteiger partial charge in [-0.1, -0.05) is 6.92 Å². The number of amides is 1. The monoisotopic (exact) mass is 252 g/mol. The summed E-state index contributed by atoms with van der Waals surface area (Å²) in [4.78, 5) is 15.0. The van der Waals surface area contributed by atoms with Gasteiger partial charge in [0, 0.05) is 23.5 Å². The molecule has 0 heterocycles. The van der Waals surface area contributed by atoms with Crippen molar-refractivity contribution in [1.82, 2.24) is 0 Å². The van der Waals surface area contributed by atoms with Crippen LogP contribution < -0.4 is 10.6 Å². The van der Waals surface area contributed by atoms with E-state index in [-0.39, 0.29) is 11.8 Å². The third kappa shape index (κ3) is 3.75. The maximum absolute atomic E-state index is 12.1. The highest BCUT2D eigenvalue weighted by Gasteiger charge is 2.17. The molecule has 4 heteroatoms. The second-order valence-corrected chi connectivity index (χ2v) is 4.95. The predicted molar refractivity (Wildman–Crippen MR) is 74.5 cm³/mol. The summed E-state index contributed by atoms with van der Waals surface area (Å²) in [6.45, 7) is 2.47. The molecule has 0 aliphatic rings. The molecule has 2 N–H and O–H groups in total. The van der Waals surface area contributed by atoms with Gasteiger partial charge in [-0.3, -0.25) is 4.79 Å². The fourth-order valence-corrected chi connectivity index (χ4v) is 2.05. The Bertz CT molecular complexity index is 364. The highest BCUT2D eigenvalue weighted by molar-refractivity contribution is 7.98. The zero-order valence-electron chi connectivity index (χ0n) is 10.6. The number of anilines is 1. The standard InChI is InChI=1S/C13H20N2OS/c1-10(8-9-14)13(16)15(2)11-4-6-12(17-3)7-5-11/h4-7,10H,8-9,14H2,1-3H3. The Balaban J connectivity index is 2.74. The number of rotatable bonds is 5. The van der Waals surface area contributed by atoms with Crippen LogP contribution in [0, 0.1) is 5.92 Å². The molecule has 1 amide bonds. The molecular weight excluding hydrogens is 232 g/mol. The number of hydrogen-bond acceptors (Lipinski definition) is 3. The third-order valence-corrected chi connectivity index (χ3v) is 3.56. The molecule has 94 valence electrons. The van der Waals surface area contributed by atoms with Crippen molar-refractivity contribution in [3.63, 3.8) is 0 Å². The van der Waals surface area contributed by atoms with Crippen LogP contribution in [0.25, 0.3) is 0 Å². The van der Waals surface area contributed by atoms with Crippen LogP contribution in [0.2, 0.25) is 0 Å². The first-order valence-corrected chi connectivity index (χ1v) is 6.94. The smallest absolute Gasteiger partial charge is 0.229 e. The van der Waals surface area contributed by atoms with Crippen molar-refractivity contribution < 1.29 is 4.79 Å². The molecule has 17 heavy (non-hydrogen) atoms. The average Bonchev–Trinajstić information content (AvgIpc) is 2.37. The normalized spacial score (nSPS) is 12.2. The summed E-state index contributed by atoms with van der Waals surface area (Å²) in [6.07, 6.45) is 2.76. The lowest BCUT2D eigenvalue weighted by molar-refractivity contribution is -0.121. The van der Waals surface area contributed by atoms with E-state index in [1.807, 2.05) is 44.5 Å². The zero-order chi connectivity index (χ0) is 12.8. The van der Waals surface area contributed by atoms with Crippen molar-refractivity contribution in [3.05, 3.63) is 24.3 Å². The number of benzene rings is 1. The number of carbonyl (C=O) groups excluding carboxylic acids is 1. The van der Waals surface area contributed by atoms with Gasteiger partial charge in [-0.05, 0) is 43.5 Å². The van der Waals surface area contributed by atoms with Gasteiger partial charge < -0.3 is 10.6 Å². The number of thioether (sulfide) groups is 1. The van der Waals surface area contributed by atoms with Gasteiger partial charge in [0.25, 0.3) is 0 Å². The average molecular weight is 252 g/mol. The van der Waals surface area contributed by atoms with Gasteiger partial charge in [-0.2, -0.15) is 0 Å². The SMILES string of the molecule is CSc1ccc(N(C)C(=O)C(C)CCN)cc1. The molecule has 1 rings (SSSR count). The maximum Gasteiger partial charge on any atom is 0.229 e. The minimum absolute atomic E-state index is 0.0229. The van der Waals surface area contributed by atoms with E-state index in [9.17, 15) is 4.79 Å². The molecule has 1 atom stereocenters. The summed E-state index contributed by atoms with van der Waals surface area (Å²) < 4.78 is 0. The molecule has 0 spiro atoms. The Morgan fingerprint density at radius 3 is 2.47 bits per heavy atom. The van der Waals surface area contributed by atoms with E-state index in [1.54, 1.807) is 16.7 Å². The highest BCUT2D eigenvalue weighted by atomic mass is 32.2. The molecule has 1 unspecified atom stereocenters. The molecule has 0 saturated heterocycles. The van der Waals surface area contributed by atoms with E-state index in [0.717, 1.165) is 12.1 Å². The van der Waals surface area contributed by atoms with Gasteiger partial charge in [-0.15, -0.1) is 11.8 Å². The first kappa shape index (κ1) is 14.1. The molecule has 0 aliphatic heterocycles. The minimum atomic E-state index is -0.0229. The van der Waals surface area contributed by atoms with Crippen molar-refractivity contribution in [2.75, 3.05) is 24.7 Å². The summed E-state index contributed by atoms with van der Waals surface area (Å²) >= 11 is 1.69. The van der Waals surface area contributed by atoms with Crippen LogP contribution in [0.15, 0.2) is 29.2 Å². The van der Waals surface area contributed by atoms with Gasteiger partial charge in [0.1, 0.15) is 0 Å². The van der Waals surface area contributed by atoms with Crippen LogP contribution in [-0.4, -0.2) is 25.8 Å². The highest BCUT2D eigenvalue weighted by Crippen LogP contribution is 2.21. The van der Waals surface area contributed by atoms with Crippen LogP contribution in [0.1, 0.15) is 13.3 Å². The fraction of sp³-hybridized carbons (Fsp3) is 0.462. The topological polar surface area (TPSA) is 46.3 Å². The van der Waals surface area contributed by atoms with E-state index in [4.69, 9.17) is 5.73 Å². The Hall–Kier alpha value is -1.00. The van der Waals surface area contributed by atoms with Crippen LogP contribution >= 0.6 is 11.8 Å². The molecule has 0 bridgehead atoms. The minimum Gasteiger partial charge on any atom is -0.330 e. The fourth-order valence-electron chi connectivity index (χ4n) is 1.64. The summed E-state index contributed by atoms with van der Waals surface area (Å²) in [5.41, 5.74) is 6.40. The van der Waals surface area contributed by atoms with Crippen molar-refractivity contribution in [3.8, 4) is 0 Å². The van der Waals surface area contributed by atoms with Crippen molar-refractivity contribution in [2.45, 2.75) is 18.2 Å². The molecular formula is C13H20N2OS. The number of nitrogens with two attached hydrogens (primary N) is 1. The quantitative estimate of drug-likeness (QED) is 0.818. The van der Waals surface area contributed by atoms with E-state index < -0.39 is 0 Å². The zero-order valence-corrected chi connectivity index (χ0v) is 11.5. The number of nitrogens with zero attached hydrogens (tertiary/aromatic N) is 1. The summed E-state index contributed by atoms with van der Waals surface area (Å²) in [6, 6.07) is 7.99. The van der Waals surface area contributed by atoms with Gasteiger partial charge in [-0.25, -0.2) is 0 Å². The second-order valence-electron chi connectivity index (χ2n) is 4.07. The summed E-state index contributed by atoms with van der Waals surface area (Å²) in [5, 5.41) is 0. The van der Waals surface area contributed by atoms with E-state index >= 15 is 0 Å². The van der Waals surface area contributed by atoms with Crippen molar-refractivity contribution in [1.29, 1.82) is 0 Å². The second kappa shape index (κ2) is 6.67. The number of hydrogen-bond donors (Lipinski definition) is 1. The Labute approximate surface area is 107 Å². The molecule has 3 nitrogen and oxygen atoms in total. The maximum atomic E-state index is 12.1. The van der Waals surface area contributed by atoms with Gasteiger partial charge in [0.05, 0.1) is 0 Å². The first-order valence-electron chi connectivity index (χ1n) is 5.71.